The molecule has 2 rings (SSSR count). The first-order chi connectivity index (χ1) is 9.97. The third-order valence-electron chi connectivity index (χ3n) is 3.61. The van der Waals surface area contributed by atoms with E-state index in [0.717, 1.165) is 30.2 Å². The predicted molar refractivity (Wildman–Crippen MR) is 81.0 cm³/mol. The Hall–Kier alpha value is -1.91. The van der Waals surface area contributed by atoms with Gasteiger partial charge in [0.25, 0.3) is 0 Å². The number of rotatable bonds is 7. The average Bonchev–Trinajstić information content (AvgIpc) is 2.89. The molecule has 21 heavy (non-hydrogen) atoms. The van der Waals surface area contributed by atoms with Crippen LogP contribution in [0.25, 0.3) is 0 Å². The van der Waals surface area contributed by atoms with E-state index in [2.05, 4.69) is 18.7 Å². The van der Waals surface area contributed by atoms with E-state index in [1.54, 1.807) is 6.92 Å². The Bertz CT molecular complexity index is 501. The molecule has 1 atom stereocenters. The van der Waals surface area contributed by atoms with Crippen LogP contribution in [0.15, 0.2) is 18.2 Å². The van der Waals surface area contributed by atoms with Crippen LogP contribution in [0.2, 0.25) is 0 Å². The second-order valence-electron chi connectivity index (χ2n) is 5.91. The smallest absolute Gasteiger partial charge is 0.308 e. The zero-order valence-electron chi connectivity index (χ0n) is 12.8. The second-order valence-corrected chi connectivity index (χ2v) is 5.91. The Morgan fingerprint density at radius 2 is 2.00 bits per heavy atom. The van der Waals surface area contributed by atoms with Crippen molar-refractivity contribution in [1.82, 2.24) is 0 Å². The summed E-state index contributed by atoms with van der Waals surface area (Å²) in [7, 11) is 0. The number of fused-ring (bicyclic) bond motifs is 1. The first-order valence-electron chi connectivity index (χ1n) is 7.34. The summed E-state index contributed by atoms with van der Waals surface area (Å²) in [5, 5.41) is 9.14. The number of ether oxygens (including phenoxy) is 2. The molecular weight excluding hydrogens is 270 g/mol. The summed E-state index contributed by atoms with van der Waals surface area (Å²) in [6.07, 6.45) is 1.01. The molecule has 1 aliphatic rings. The number of nitrogens with zero attached hydrogens (tertiary/aromatic N) is 1. The number of benzene rings is 1. The van der Waals surface area contributed by atoms with E-state index < -0.39 is 11.9 Å². The van der Waals surface area contributed by atoms with Crippen molar-refractivity contribution in [3.8, 4) is 11.5 Å². The minimum absolute atomic E-state index is 0.246. The lowest BCUT2D eigenvalue weighted by Crippen LogP contribution is -2.33. The van der Waals surface area contributed by atoms with Crippen LogP contribution in [0.5, 0.6) is 11.5 Å². The highest BCUT2D eigenvalue weighted by atomic mass is 16.7. The number of anilines is 1. The molecule has 1 N–H and O–H groups in total. The Balaban J connectivity index is 2.15. The zero-order chi connectivity index (χ0) is 15.4. The van der Waals surface area contributed by atoms with Crippen molar-refractivity contribution in [3.05, 3.63) is 18.2 Å². The van der Waals surface area contributed by atoms with Gasteiger partial charge >= 0.3 is 5.97 Å². The lowest BCUT2D eigenvalue weighted by atomic mass is 10.1. The van der Waals surface area contributed by atoms with E-state index in [4.69, 9.17) is 14.6 Å². The van der Waals surface area contributed by atoms with Crippen molar-refractivity contribution in [2.75, 3.05) is 24.8 Å². The van der Waals surface area contributed by atoms with Crippen LogP contribution in [0.4, 0.5) is 5.69 Å². The van der Waals surface area contributed by atoms with Crippen LogP contribution in [0.3, 0.4) is 0 Å². The van der Waals surface area contributed by atoms with Crippen LogP contribution in [0, 0.1) is 11.8 Å². The van der Waals surface area contributed by atoms with Gasteiger partial charge in [-0.25, -0.2) is 0 Å². The molecule has 0 aliphatic carbocycles. The SMILES string of the molecule is CC(C)CCN(CC(C)C(=O)O)c1ccc2c(c1)OCO2. The van der Waals surface area contributed by atoms with Crippen LogP contribution in [-0.2, 0) is 4.79 Å². The van der Waals surface area contributed by atoms with Crippen molar-refractivity contribution >= 4 is 11.7 Å². The van der Waals surface area contributed by atoms with Gasteiger partial charge in [0.05, 0.1) is 5.92 Å². The van der Waals surface area contributed by atoms with Gasteiger partial charge in [-0.2, -0.15) is 0 Å². The maximum absolute atomic E-state index is 11.1. The van der Waals surface area contributed by atoms with E-state index in [1.807, 2.05) is 18.2 Å². The van der Waals surface area contributed by atoms with Crippen LogP contribution >= 0.6 is 0 Å². The van der Waals surface area contributed by atoms with Crippen LogP contribution in [0.1, 0.15) is 27.2 Å². The summed E-state index contributed by atoms with van der Waals surface area (Å²) in [6.45, 7) is 7.63. The molecule has 0 amide bonds. The number of carbonyl (C=O) groups is 1. The fourth-order valence-corrected chi connectivity index (χ4v) is 2.23. The lowest BCUT2D eigenvalue weighted by molar-refractivity contribution is -0.140. The minimum atomic E-state index is -0.773. The molecule has 1 aromatic rings. The zero-order valence-corrected chi connectivity index (χ0v) is 12.8. The normalized spacial score (nSPS) is 14.3. The highest BCUT2D eigenvalue weighted by Crippen LogP contribution is 2.35. The van der Waals surface area contributed by atoms with Crippen molar-refractivity contribution < 1.29 is 19.4 Å². The molecule has 0 fully saturated rings. The van der Waals surface area contributed by atoms with E-state index in [0.29, 0.717) is 12.5 Å². The number of hydrogen-bond acceptors (Lipinski definition) is 4. The summed E-state index contributed by atoms with van der Waals surface area (Å²) in [5.74, 6) is 0.855. The topological polar surface area (TPSA) is 59.0 Å². The number of carboxylic acid groups (broad SMARTS) is 1. The first-order valence-corrected chi connectivity index (χ1v) is 7.34. The molecule has 0 aromatic heterocycles. The van der Waals surface area contributed by atoms with E-state index >= 15 is 0 Å². The molecule has 1 heterocycles. The minimum Gasteiger partial charge on any atom is -0.481 e. The van der Waals surface area contributed by atoms with E-state index in [-0.39, 0.29) is 6.79 Å². The molecule has 5 heteroatoms. The monoisotopic (exact) mass is 293 g/mol. The summed E-state index contributed by atoms with van der Waals surface area (Å²) in [5.41, 5.74) is 0.980. The van der Waals surface area contributed by atoms with E-state index in [9.17, 15) is 4.79 Å². The Labute approximate surface area is 125 Å². The van der Waals surface area contributed by atoms with Gasteiger partial charge in [-0.05, 0) is 24.5 Å². The third-order valence-corrected chi connectivity index (χ3v) is 3.61. The number of aliphatic carboxylic acids is 1. The standard InChI is InChI=1S/C16H23NO4/c1-11(2)6-7-17(9-12(3)16(18)19)13-4-5-14-15(8-13)21-10-20-14/h4-5,8,11-12H,6-7,9-10H2,1-3H3,(H,18,19). The van der Waals surface area contributed by atoms with Crippen LogP contribution < -0.4 is 14.4 Å². The van der Waals surface area contributed by atoms with Crippen molar-refractivity contribution in [3.63, 3.8) is 0 Å². The largest absolute Gasteiger partial charge is 0.481 e. The molecule has 0 bridgehead atoms. The highest BCUT2D eigenvalue weighted by Gasteiger charge is 2.20. The Morgan fingerprint density at radius 1 is 1.29 bits per heavy atom. The van der Waals surface area contributed by atoms with E-state index in [1.165, 1.54) is 0 Å². The molecule has 1 aliphatic heterocycles. The second kappa shape index (κ2) is 6.70. The molecule has 1 unspecified atom stereocenters. The number of carboxylic acids is 1. The van der Waals surface area contributed by atoms with Gasteiger partial charge in [0.1, 0.15) is 0 Å². The summed E-state index contributed by atoms with van der Waals surface area (Å²) >= 11 is 0. The highest BCUT2D eigenvalue weighted by molar-refractivity contribution is 5.70. The van der Waals surface area contributed by atoms with Gasteiger partial charge in [-0.1, -0.05) is 20.8 Å². The van der Waals surface area contributed by atoms with Crippen molar-refractivity contribution in [2.24, 2.45) is 11.8 Å². The van der Waals surface area contributed by atoms with Crippen molar-refractivity contribution in [1.29, 1.82) is 0 Å². The first kappa shape index (κ1) is 15.5. The van der Waals surface area contributed by atoms with Crippen LogP contribution in [-0.4, -0.2) is 31.0 Å². The molecule has 1 aromatic carbocycles. The summed E-state index contributed by atoms with van der Waals surface area (Å²) in [6, 6.07) is 5.77. The molecular formula is C16H23NO4. The van der Waals surface area contributed by atoms with Gasteiger partial charge in [0.15, 0.2) is 11.5 Å². The maximum Gasteiger partial charge on any atom is 0.308 e. The lowest BCUT2D eigenvalue weighted by Gasteiger charge is -2.27. The Morgan fingerprint density at radius 3 is 2.67 bits per heavy atom. The van der Waals surface area contributed by atoms with Gasteiger partial charge in [-0.3, -0.25) is 4.79 Å². The van der Waals surface area contributed by atoms with Gasteiger partial charge in [-0.15, -0.1) is 0 Å². The van der Waals surface area contributed by atoms with Crippen molar-refractivity contribution in [2.45, 2.75) is 27.2 Å². The fraction of sp³-hybridized carbons (Fsp3) is 0.562. The molecule has 0 saturated heterocycles. The predicted octanol–water partition coefficient (Wildman–Crippen LogP) is 2.99. The molecule has 0 saturated carbocycles. The fourth-order valence-electron chi connectivity index (χ4n) is 2.23. The molecule has 0 radical (unpaired) electrons. The van der Waals surface area contributed by atoms with Gasteiger partial charge < -0.3 is 19.5 Å². The average molecular weight is 293 g/mol. The molecule has 5 nitrogen and oxygen atoms in total. The number of hydrogen-bond donors (Lipinski definition) is 1. The Kier molecular flexibility index (Phi) is 4.94. The molecule has 116 valence electrons. The summed E-state index contributed by atoms with van der Waals surface area (Å²) < 4.78 is 10.7. The maximum atomic E-state index is 11.1. The van der Waals surface area contributed by atoms with Gasteiger partial charge in [0, 0.05) is 24.8 Å². The summed E-state index contributed by atoms with van der Waals surface area (Å²) in [4.78, 5) is 13.2. The quantitative estimate of drug-likeness (QED) is 0.837. The van der Waals surface area contributed by atoms with Gasteiger partial charge in [0.2, 0.25) is 6.79 Å². The third kappa shape index (κ3) is 4.03. The molecule has 0 spiro atoms.